The van der Waals surface area contributed by atoms with Crippen LogP contribution in [0.5, 0.6) is 0 Å². The summed E-state index contributed by atoms with van der Waals surface area (Å²) < 4.78 is 0. The van der Waals surface area contributed by atoms with Crippen LogP contribution in [-0.2, 0) is 0 Å². The maximum absolute atomic E-state index is 4.52. The van der Waals surface area contributed by atoms with E-state index in [-0.39, 0.29) is 0 Å². The first-order valence-corrected chi connectivity index (χ1v) is 6.98. The Labute approximate surface area is 114 Å². The Morgan fingerprint density at radius 3 is 3.05 bits per heavy atom. The zero-order valence-corrected chi connectivity index (χ0v) is 11.2. The molecule has 19 heavy (non-hydrogen) atoms. The number of hydrogen-bond donors (Lipinski definition) is 1. The predicted octanol–water partition coefficient (Wildman–Crippen LogP) is 4.15. The van der Waals surface area contributed by atoms with Gasteiger partial charge < -0.3 is 4.98 Å². The summed E-state index contributed by atoms with van der Waals surface area (Å²) in [5, 5.41) is 4.51. The van der Waals surface area contributed by atoms with Crippen LogP contribution < -0.4 is 0 Å². The highest BCUT2D eigenvalue weighted by Gasteiger charge is 2.12. The maximum Gasteiger partial charge on any atom is 0.127 e. The lowest BCUT2D eigenvalue weighted by Crippen LogP contribution is -1.88. The predicted molar refractivity (Wildman–Crippen MR) is 79.4 cm³/mol. The Balaban J connectivity index is 2.15. The molecule has 3 heterocycles. The number of H-pyrrole nitrogens is 1. The van der Waals surface area contributed by atoms with Crippen LogP contribution in [0.25, 0.3) is 32.4 Å². The molecule has 0 radical (unpaired) electrons. The van der Waals surface area contributed by atoms with Crippen LogP contribution >= 0.6 is 11.3 Å². The minimum Gasteiger partial charge on any atom is -0.361 e. The van der Waals surface area contributed by atoms with Gasteiger partial charge in [0.1, 0.15) is 11.2 Å². The summed E-state index contributed by atoms with van der Waals surface area (Å²) in [6, 6.07) is 8.36. The van der Waals surface area contributed by atoms with Crippen LogP contribution in [0.2, 0.25) is 0 Å². The van der Waals surface area contributed by atoms with Gasteiger partial charge in [-0.3, -0.25) is 0 Å². The summed E-state index contributed by atoms with van der Waals surface area (Å²) >= 11 is 1.67. The minimum absolute atomic E-state index is 1.02. The third-order valence-electron chi connectivity index (χ3n) is 3.40. The van der Waals surface area contributed by atoms with Crippen LogP contribution in [-0.4, -0.2) is 15.0 Å². The molecule has 1 aromatic carbocycles. The molecule has 3 nitrogen and oxygen atoms in total. The number of aromatic nitrogens is 3. The Morgan fingerprint density at radius 2 is 2.11 bits per heavy atom. The molecule has 0 aliphatic carbocycles. The van der Waals surface area contributed by atoms with E-state index in [0.717, 1.165) is 21.6 Å². The van der Waals surface area contributed by atoms with Gasteiger partial charge in [-0.1, -0.05) is 12.1 Å². The van der Waals surface area contributed by atoms with E-state index in [9.17, 15) is 0 Å². The van der Waals surface area contributed by atoms with Crippen LogP contribution in [0.4, 0.5) is 0 Å². The van der Waals surface area contributed by atoms with E-state index in [4.69, 9.17) is 0 Å². The van der Waals surface area contributed by atoms with E-state index in [1.54, 1.807) is 17.7 Å². The number of benzene rings is 1. The lowest BCUT2D eigenvalue weighted by atomic mass is 10.0. The summed E-state index contributed by atoms with van der Waals surface area (Å²) in [6.45, 7) is 2.11. The summed E-state index contributed by atoms with van der Waals surface area (Å²) in [5.41, 5.74) is 4.56. The molecule has 0 bridgehead atoms. The zero-order valence-electron chi connectivity index (χ0n) is 10.3. The van der Waals surface area contributed by atoms with E-state index in [0.29, 0.717) is 0 Å². The van der Waals surface area contributed by atoms with Gasteiger partial charge in [0.25, 0.3) is 0 Å². The first kappa shape index (κ1) is 10.7. The van der Waals surface area contributed by atoms with Gasteiger partial charge in [-0.05, 0) is 30.0 Å². The van der Waals surface area contributed by atoms with E-state index >= 15 is 0 Å². The number of fused-ring (bicyclic) bond motifs is 2. The van der Waals surface area contributed by atoms with Crippen molar-refractivity contribution in [2.45, 2.75) is 6.92 Å². The van der Waals surface area contributed by atoms with Gasteiger partial charge in [-0.15, -0.1) is 11.3 Å². The zero-order chi connectivity index (χ0) is 12.8. The number of aryl methyl sites for hydroxylation is 1. The molecule has 0 aliphatic heterocycles. The smallest absolute Gasteiger partial charge is 0.127 e. The molecular weight excluding hydrogens is 254 g/mol. The molecule has 4 aromatic rings. The number of nitrogens with one attached hydrogen (secondary N) is 1. The third kappa shape index (κ3) is 1.50. The lowest BCUT2D eigenvalue weighted by Gasteiger charge is -2.05. The van der Waals surface area contributed by atoms with Crippen LogP contribution in [0, 0.1) is 6.92 Å². The molecule has 0 fully saturated rings. The highest BCUT2D eigenvalue weighted by atomic mass is 32.1. The fraction of sp³-hybridized carbons (Fsp3) is 0.0667. The SMILES string of the molecule is Cc1csc2ncnc(-c3cccc4[nH]ccc34)c12. The number of hydrogen-bond acceptors (Lipinski definition) is 3. The molecule has 0 saturated carbocycles. The number of thiophene rings is 1. The monoisotopic (exact) mass is 265 g/mol. The number of rotatable bonds is 1. The molecule has 92 valence electrons. The van der Waals surface area contributed by atoms with Crippen molar-refractivity contribution in [3.63, 3.8) is 0 Å². The topological polar surface area (TPSA) is 41.6 Å². The van der Waals surface area contributed by atoms with Crippen molar-refractivity contribution >= 4 is 32.5 Å². The highest BCUT2D eigenvalue weighted by Crippen LogP contribution is 2.34. The van der Waals surface area contributed by atoms with Crippen molar-refractivity contribution in [2.75, 3.05) is 0 Å². The molecule has 1 N–H and O–H groups in total. The standard InChI is InChI=1S/C15H11N3S/c1-9-7-19-15-13(9)14(17-8-18-15)11-3-2-4-12-10(11)5-6-16-12/h2-8,16H,1H3. The fourth-order valence-electron chi connectivity index (χ4n) is 2.51. The average molecular weight is 265 g/mol. The van der Waals surface area contributed by atoms with Gasteiger partial charge in [0.05, 0.1) is 5.69 Å². The summed E-state index contributed by atoms with van der Waals surface area (Å²) in [6.07, 6.45) is 3.62. The normalized spacial score (nSPS) is 11.4. The van der Waals surface area contributed by atoms with Crippen molar-refractivity contribution in [1.82, 2.24) is 15.0 Å². The van der Waals surface area contributed by atoms with Gasteiger partial charge in [0, 0.05) is 28.0 Å². The molecule has 4 rings (SSSR count). The Hall–Kier alpha value is -2.20. The van der Waals surface area contributed by atoms with Crippen molar-refractivity contribution in [2.24, 2.45) is 0 Å². The van der Waals surface area contributed by atoms with Crippen molar-refractivity contribution in [1.29, 1.82) is 0 Å². The van der Waals surface area contributed by atoms with E-state index < -0.39 is 0 Å². The first-order chi connectivity index (χ1) is 9.34. The van der Waals surface area contributed by atoms with Crippen molar-refractivity contribution in [3.8, 4) is 11.3 Å². The van der Waals surface area contributed by atoms with Gasteiger partial charge in [0.2, 0.25) is 0 Å². The second-order valence-electron chi connectivity index (χ2n) is 4.57. The molecule has 0 unspecified atom stereocenters. The highest BCUT2D eigenvalue weighted by molar-refractivity contribution is 7.17. The van der Waals surface area contributed by atoms with E-state index in [1.807, 2.05) is 6.20 Å². The fourth-order valence-corrected chi connectivity index (χ4v) is 3.40. The quantitative estimate of drug-likeness (QED) is 0.561. The summed E-state index contributed by atoms with van der Waals surface area (Å²) in [5.74, 6) is 0. The van der Waals surface area contributed by atoms with Crippen LogP contribution in [0.15, 0.2) is 42.2 Å². The second kappa shape index (κ2) is 3.90. The molecule has 4 heteroatoms. The summed E-state index contributed by atoms with van der Waals surface area (Å²) in [7, 11) is 0. The largest absolute Gasteiger partial charge is 0.361 e. The van der Waals surface area contributed by atoms with E-state index in [2.05, 4.69) is 51.5 Å². The Morgan fingerprint density at radius 1 is 1.16 bits per heavy atom. The van der Waals surface area contributed by atoms with E-state index in [1.165, 1.54) is 16.3 Å². The van der Waals surface area contributed by atoms with Crippen LogP contribution in [0.3, 0.4) is 0 Å². The number of aromatic amines is 1. The minimum atomic E-state index is 1.02. The van der Waals surface area contributed by atoms with Gasteiger partial charge >= 0.3 is 0 Å². The molecule has 0 amide bonds. The Kier molecular flexibility index (Phi) is 2.19. The molecule has 3 aromatic heterocycles. The maximum atomic E-state index is 4.52. The second-order valence-corrected chi connectivity index (χ2v) is 5.42. The Bertz CT molecular complexity index is 889. The number of nitrogens with zero attached hydrogens (tertiary/aromatic N) is 2. The average Bonchev–Trinajstić information content (AvgIpc) is 3.05. The molecule has 0 atom stereocenters. The van der Waals surface area contributed by atoms with Crippen molar-refractivity contribution in [3.05, 3.63) is 47.7 Å². The molecule has 0 spiro atoms. The van der Waals surface area contributed by atoms with Gasteiger partial charge in [0.15, 0.2) is 0 Å². The van der Waals surface area contributed by atoms with Gasteiger partial charge in [-0.2, -0.15) is 0 Å². The lowest BCUT2D eigenvalue weighted by molar-refractivity contribution is 1.24. The molecule has 0 saturated heterocycles. The van der Waals surface area contributed by atoms with Crippen LogP contribution in [0.1, 0.15) is 5.56 Å². The van der Waals surface area contributed by atoms with Crippen molar-refractivity contribution < 1.29 is 0 Å². The molecular formula is C15H11N3S. The van der Waals surface area contributed by atoms with Gasteiger partial charge in [-0.25, -0.2) is 9.97 Å². The molecule has 0 aliphatic rings. The first-order valence-electron chi connectivity index (χ1n) is 6.10. The third-order valence-corrected chi connectivity index (χ3v) is 4.41. The summed E-state index contributed by atoms with van der Waals surface area (Å²) in [4.78, 5) is 13.2.